The van der Waals surface area contributed by atoms with Crippen LogP contribution in [-0.4, -0.2) is 67.4 Å². The summed E-state index contributed by atoms with van der Waals surface area (Å²) in [4.78, 5) is 31.4. The van der Waals surface area contributed by atoms with E-state index in [0.29, 0.717) is 56.7 Å². The molecule has 2 aromatic heterocycles. The van der Waals surface area contributed by atoms with Gasteiger partial charge in [-0.1, -0.05) is 32.6 Å². The summed E-state index contributed by atoms with van der Waals surface area (Å²) in [5.74, 6) is 1.04. The van der Waals surface area contributed by atoms with Gasteiger partial charge in [-0.2, -0.15) is 10.2 Å². The summed E-state index contributed by atoms with van der Waals surface area (Å²) in [6, 6.07) is 3.70. The van der Waals surface area contributed by atoms with Crippen LogP contribution in [0.5, 0.6) is 0 Å². The number of amides is 2. The maximum atomic E-state index is 14.5. The Labute approximate surface area is 270 Å². The lowest BCUT2D eigenvalue weighted by Crippen LogP contribution is -2.40. The van der Waals surface area contributed by atoms with Crippen LogP contribution >= 0.6 is 0 Å². The van der Waals surface area contributed by atoms with Gasteiger partial charge in [0.15, 0.2) is 5.82 Å². The average Bonchev–Trinajstić information content (AvgIpc) is 3.67. The molecule has 0 atom stereocenters. The lowest BCUT2D eigenvalue weighted by Gasteiger charge is -2.34. The fraction of sp³-hybridized carbons (Fsp3) is 0.600. The molecule has 46 heavy (non-hydrogen) atoms. The van der Waals surface area contributed by atoms with E-state index in [1.165, 1.54) is 19.3 Å². The van der Waals surface area contributed by atoms with Crippen molar-refractivity contribution in [3.8, 4) is 11.1 Å². The van der Waals surface area contributed by atoms with Crippen LogP contribution in [0.4, 0.5) is 20.3 Å². The average molecular weight is 636 g/mol. The van der Waals surface area contributed by atoms with Gasteiger partial charge in [0.05, 0.1) is 18.8 Å². The molecule has 3 aromatic rings. The van der Waals surface area contributed by atoms with Crippen molar-refractivity contribution in [3.63, 3.8) is 0 Å². The van der Waals surface area contributed by atoms with Crippen molar-refractivity contribution in [3.05, 3.63) is 46.9 Å². The second kappa shape index (κ2) is 13.9. The SMILES string of the molecule is CCCCCCCC(=O)N1CCC(n2nc(N3CCCc4cc(-c5cnn(C)c5)c(C(F)F)cc43)c3c2CCN(C(C)=O)C3)CC1. The van der Waals surface area contributed by atoms with E-state index in [-0.39, 0.29) is 23.4 Å². The van der Waals surface area contributed by atoms with Gasteiger partial charge in [0.25, 0.3) is 6.43 Å². The van der Waals surface area contributed by atoms with Gasteiger partial charge in [-0.3, -0.25) is 19.0 Å². The first-order valence-corrected chi connectivity index (χ1v) is 17.1. The van der Waals surface area contributed by atoms with Crippen molar-refractivity contribution < 1.29 is 18.4 Å². The Morgan fingerprint density at radius 1 is 1.00 bits per heavy atom. The molecule has 0 saturated carbocycles. The molecule has 3 aliphatic rings. The summed E-state index contributed by atoms with van der Waals surface area (Å²) in [6.07, 6.45) is 11.1. The largest absolute Gasteiger partial charge is 0.343 e. The van der Waals surface area contributed by atoms with Crippen LogP contribution in [0.2, 0.25) is 0 Å². The quantitative estimate of drug-likeness (QED) is 0.231. The van der Waals surface area contributed by atoms with Crippen molar-refractivity contribution in [1.82, 2.24) is 29.4 Å². The number of nitrogens with zero attached hydrogens (tertiary/aromatic N) is 7. The summed E-state index contributed by atoms with van der Waals surface area (Å²) in [5.41, 5.74) is 5.09. The summed E-state index contributed by atoms with van der Waals surface area (Å²) in [6.45, 7) is 6.96. The molecule has 0 aliphatic carbocycles. The summed E-state index contributed by atoms with van der Waals surface area (Å²) < 4.78 is 32.9. The standard InChI is InChI=1S/C35H47F2N7O2/c1-4-5-6-7-8-11-33(46)41-16-12-27(13-17-41)44-31-14-18-42(24(2)45)23-30(31)35(39-44)43-15-9-10-25-19-28(26-21-38-40(3)22-26)29(34(36)37)20-32(25)43/h19-22,27,34H,4-18,23H2,1-3H3. The molecule has 0 N–H and O–H groups in total. The topological polar surface area (TPSA) is 79.5 Å². The summed E-state index contributed by atoms with van der Waals surface area (Å²) in [7, 11) is 1.78. The maximum absolute atomic E-state index is 14.5. The zero-order valence-electron chi connectivity index (χ0n) is 27.5. The highest BCUT2D eigenvalue weighted by atomic mass is 19.3. The van der Waals surface area contributed by atoms with Crippen molar-refractivity contribution in [1.29, 1.82) is 0 Å². The molecule has 1 aromatic carbocycles. The van der Waals surface area contributed by atoms with Gasteiger partial charge in [-0.15, -0.1) is 0 Å². The van der Waals surface area contributed by atoms with Gasteiger partial charge in [0.1, 0.15) is 0 Å². The molecule has 2 amide bonds. The number of piperidine rings is 1. The normalized spacial score (nSPS) is 17.0. The van der Waals surface area contributed by atoms with E-state index in [2.05, 4.69) is 21.6 Å². The number of rotatable bonds is 10. The molecule has 1 fully saturated rings. The van der Waals surface area contributed by atoms with Gasteiger partial charge in [-0.05, 0) is 55.4 Å². The number of unbranched alkanes of at least 4 members (excludes halogenated alkanes) is 4. The van der Waals surface area contributed by atoms with Crippen molar-refractivity contribution in [2.45, 2.75) is 103 Å². The van der Waals surface area contributed by atoms with Gasteiger partial charge >= 0.3 is 0 Å². The molecule has 11 heteroatoms. The number of alkyl halides is 2. The second-order valence-electron chi connectivity index (χ2n) is 13.2. The number of carbonyl (C=O) groups is 2. The summed E-state index contributed by atoms with van der Waals surface area (Å²) in [5, 5.41) is 9.45. The number of hydrogen-bond donors (Lipinski definition) is 0. The Kier molecular flexibility index (Phi) is 9.75. The third-order valence-electron chi connectivity index (χ3n) is 10.0. The molecule has 0 radical (unpaired) electrons. The van der Waals surface area contributed by atoms with Crippen LogP contribution in [0.1, 0.15) is 106 Å². The van der Waals surface area contributed by atoms with Crippen molar-refractivity contribution in [2.24, 2.45) is 7.05 Å². The number of likely N-dealkylation sites (tertiary alicyclic amines) is 1. The third kappa shape index (κ3) is 6.55. The van der Waals surface area contributed by atoms with Crippen LogP contribution in [0.25, 0.3) is 11.1 Å². The van der Waals surface area contributed by atoms with Crippen molar-refractivity contribution >= 4 is 23.3 Å². The van der Waals surface area contributed by atoms with Gasteiger partial charge in [0.2, 0.25) is 11.8 Å². The van der Waals surface area contributed by atoms with E-state index in [4.69, 9.17) is 5.10 Å². The smallest absolute Gasteiger partial charge is 0.264 e. The van der Waals surface area contributed by atoms with E-state index in [9.17, 15) is 18.4 Å². The van der Waals surface area contributed by atoms with Crippen LogP contribution in [0.15, 0.2) is 24.5 Å². The third-order valence-corrected chi connectivity index (χ3v) is 10.0. The minimum atomic E-state index is -2.65. The number of hydrogen-bond acceptors (Lipinski definition) is 5. The number of anilines is 2. The lowest BCUT2D eigenvalue weighted by atomic mass is 9.92. The molecule has 0 bridgehead atoms. The van der Waals surface area contributed by atoms with E-state index in [1.54, 1.807) is 37.1 Å². The first-order valence-electron chi connectivity index (χ1n) is 17.1. The van der Waals surface area contributed by atoms with Crippen molar-refractivity contribution in [2.75, 3.05) is 31.1 Å². The Morgan fingerprint density at radius 2 is 1.78 bits per heavy atom. The molecule has 0 unspecified atom stereocenters. The molecular weight excluding hydrogens is 588 g/mol. The Morgan fingerprint density at radius 3 is 2.48 bits per heavy atom. The highest BCUT2D eigenvalue weighted by molar-refractivity contribution is 5.78. The molecule has 5 heterocycles. The molecule has 6 rings (SSSR count). The van der Waals surface area contributed by atoms with E-state index < -0.39 is 6.43 Å². The first kappa shape index (κ1) is 32.2. The van der Waals surface area contributed by atoms with Gasteiger partial charge in [0, 0.05) is 87.3 Å². The van der Waals surface area contributed by atoms with Gasteiger partial charge < -0.3 is 14.7 Å². The number of halogens is 2. The monoisotopic (exact) mass is 635 g/mol. The van der Waals surface area contributed by atoms with Gasteiger partial charge in [-0.25, -0.2) is 8.78 Å². The summed E-state index contributed by atoms with van der Waals surface area (Å²) >= 11 is 0. The van der Waals surface area contributed by atoms with Crippen LogP contribution < -0.4 is 4.90 Å². The minimum Gasteiger partial charge on any atom is -0.343 e. The molecule has 0 spiro atoms. The second-order valence-corrected chi connectivity index (χ2v) is 13.2. The number of carbonyl (C=O) groups excluding carboxylic acids is 2. The predicted molar refractivity (Wildman–Crippen MR) is 174 cm³/mol. The van der Waals surface area contributed by atoms with Crippen LogP contribution in [-0.2, 0) is 36.0 Å². The number of aryl methyl sites for hydroxylation is 2. The minimum absolute atomic E-state index is 0.0142. The Hall–Kier alpha value is -3.76. The maximum Gasteiger partial charge on any atom is 0.264 e. The first-order chi connectivity index (χ1) is 22.2. The molecular formula is C35H47F2N7O2. The van der Waals surface area contributed by atoms with E-state index >= 15 is 0 Å². The highest BCUT2D eigenvalue weighted by Gasteiger charge is 2.35. The van der Waals surface area contributed by atoms with E-state index in [1.807, 2.05) is 15.9 Å². The number of benzene rings is 1. The number of fused-ring (bicyclic) bond motifs is 2. The Bertz CT molecular complexity index is 1560. The van der Waals surface area contributed by atoms with Crippen LogP contribution in [0, 0.1) is 0 Å². The zero-order valence-corrected chi connectivity index (χ0v) is 27.5. The Balaban J connectivity index is 1.29. The number of aromatic nitrogens is 4. The predicted octanol–water partition coefficient (Wildman–Crippen LogP) is 6.73. The molecule has 248 valence electrons. The fourth-order valence-corrected chi connectivity index (χ4v) is 7.47. The van der Waals surface area contributed by atoms with Crippen LogP contribution in [0.3, 0.4) is 0 Å². The molecule has 3 aliphatic heterocycles. The molecule has 1 saturated heterocycles. The zero-order chi connectivity index (χ0) is 32.4. The molecule has 9 nitrogen and oxygen atoms in total. The highest BCUT2D eigenvalue weighted by Crippen LogP contribution is 2.43. The lowest BCUT2D eigenvalue weighted by molar-refractivity contribution is -0.132. The van der Waals surface area contributed by atoms with E-state index in [0.717, 1.165) is 66.9 Å². The fourth-order valence-electron chi connectivity index (χ4n) is 7.47.